The van der Waals surface area contributed by atoms with Gasteiger partial charge in [-0.3, -0.25) is 9.10 Å². The molecule has 0 aliphatic heterocycles. The van der Waals surface area contributed by atoms with Crippen LogP contribution in [0.4, 0.5) is 5.69 Å². The number of nitrogens with zero attached hydrogens (tertiary/aromatic N) is 1. The molecular weight excluding hydrogens is 507 g/mol. The largest absolute Gasteiger partial charge is 0.492 e. The Morgan fingerprint density at radius 1 is 0.939 bits per heavy atom. The van der Waals surface area contributed by atoms with Crippen molar-refractivity contribution in [3.8, 4) is 5.75 Å². The first-order valence-electron chi connectivity index (χ1n) is 9.82. The lowest BCUT2D eigenvalue weighted by Gasteiger charge is -2.23. The normalized spacial score (nSPS) is 11.2. The fourth-order valence-electron chi connectivity index (χ4n) is 2.93. The number of hydrogen-bond acceptors (Lipinski definition) is 4. The van der Waals surface area contributed by atoms with E-state index in [9.17, 15) is 13.2 Å². The number of hydrogen-bond donors (Lipinski definition) is 1. The summed E-state index contributed by atoms with van der Waals surface area (Å²) in [5.74, 6) is 0.404. The molecule has 1 amide bonds. The van der Waals surface area contributed by atoms with Crippen molar-refractivity contribution >= 4 is 56.4 Å². The zero-order valence-electron chi connectivity index (χ0n) is 17.6. The molecule has 0 aliphatic carbocycles. The smallest absolute Gasteiger partial charge is 0.251 e. The number of ether oxygens (including phenoxy) is 1. The number of carbonyl (C=O) groups is 1. The maximum atomic E-state index is 12.4. The first-order chi connectivity index (χ1) is 15.6. The summed E-state index contributed by atoms with van der Waals surface area (Å²) in [7, 11) is -3.58. The Morgan fingerprint density at radius 3 is 2.21 bits per heavy atom. The van der Waals surface area contributed by atoms with E-state index >= 15 is 0 Å². The molecule has 174 valence electrons. The van der Waals surface area contributed by atoms with Crippen LogP contribution in [0, 0.1) is 0 Å². The maximum Gasteiger partial charge on any atom is 0.251 e. The Bertz CT molecular complexity index is 1220. The summed E-state index contributed by atoms with van der Waals surface area (Å²) in [6.07, 6.45) is 1.11. The van der Waals surface area contributed by atoms with Crippen LogP contribution in [-0.4, -0.2) is 33.7 Å². The topological polar surface area (TPSA) is 75.7 Å². The van der Waals surface area contributed by atoms with Gasteiger partial charge in [-0.25, -0.2) is 8.42 Å². The van der Waals surface area contributed by atoms with Gasteiger partial charge in [-0.15, -0.1) is 0 Å². The predicted octanol–water partition coefficient (Wildman–Crippen LogP) is 5.42. The zero-order valence-corrected chi connectivity index (χ0v) is 20.7. The molecule has 0 radical (unpaired) electrons. The van der Waals surface area contributed by atoms with Gasteiger partial charge < -0.3 is 10.1 Å². The Hall–Kier alpha value is -2.45. The first kappa shape index (κ1) is 25.2. The summed E-state index contributed by atoms with van der Waals surface area (Å²) in [5.41, 5.74) is 1.55. The van der Waals surface area contributed by atoms with E-state index in [-0.39, 0.29) is 17.5 Å². The Kier molecular flexibility index (Phi) is 8.48. The fourth-order valence-corrected chi connectivity index (χ4v) is 4.23. The molecule has 10 heteroatoms. The van der Waals surface area contributed by atoms with Crippen LogP contribution in [0.3, 0.4) is 0 Å². The molecule has 0 saturated carbocycles. The molecule has 0 aromatic heterocycles. The van der Waals surface area contributed by atoms with E-state index in [0.717, 1.165) is 6.26 Å². The molecule has 0 bridgehead atoms. The van der Waals surface area contributed by atoms with Crippen molar-refractivity contribution in [2.24, 2.45) is 0 Å². The summed E-state index contributed by atoms with van der Waals surface area (Å²) in [5, 5.41) is 4.00. The van der Waals surface area contributed by atoms with Crippen LogP contribution in [0.1, 0.15) is 15.9 Å². The van der Waals surface area contributed by atoms with Crippen molar-refractivity contribution in [2.75, 3.05) is 23.7 Å². The Balaban J connectivity index is 1.59. The molecule has 0 atom stereocenters. The first-order valence-corrected chi connectivity index (χ1v) is 12.8. The van der Waals surface area contributed by atoms with Crippen LogP contribution in [-0.2, 0) is 16.6 Å². The lowest BCUT2D eigenvalue weighted by atomic mass is 10.1. The SMILES string of the molecule is CS(=O)(=O)N(Cc1ccc(C(=O)NCCOc2ccc(Cl)cc2)cc1)c1ccc(Cl)c(Cl)c1. The van der Waals surface area contributed by atoms with E-state index in [4.69, 9.17) is 39.5 Å². The predicted molar refractivity (Wildman–Crippen MR) is 133 cm³/mol. The molecule has 3 aromatic carbocycles. The minimum absolute atomic E-state index is 0.0770. The highest BCUT2D eigenvalue weighted by molar-refractivity contribution is 7.92. The minimum Gasteiger partial charge on any atom is -0.492 e. The van der Waals surface area contributed by atoms with Gasteiger partial charge in [0.1, 0.15) is 12.4 Å². The van der Waals surface area contributed by atoms with E-state index in [2.05, 4.69) is 5.32 Å². The molecule has 6 nitrogen and oxygen atoms in total. The van der Waals surface area contributed by atoms with E-state index in [1.54, 1.807) is 60.7 Å². The van der Waals surface area contributed by atoms with E-state index in [1.165, 1.54) is 10.4 Å². The van der Waals surface area contributed by atoms with Gasteiger partial charge in [-0.05, 0) is 60.2 Å². The summed E-state index contributed by atoms with van der Waals surface area (Å²) in [6.45, 7) is 0.703. The highest BCUT2D eigenvalue weighted by Gasteiger charge is 2.19. The van der Waals surface area contributed by atoms with Gasteiger partial charge >= 0.3 is 0 Å². The standard InChI is InChI=1S/C23H21Cl3N2O4S/c1-33(30,31)28(19-8-11-21(25)22(26)14-19)15-16-2-4-17(5-3-16)23(29)27-12-13-32-20-9-6-18(24)7-10-20/h2-11,14H,12-13,15H2,1H3,(H,27,29). The van der Waals surface area contributed by atoms with Crippen LogP contribution in [0.25, 0.3) is 0 Å². The molecule has 0 fully saturated rings. The number of halogens is 3. The molecule has 3 aromatic rings. The van der Waals surface area contributed by atoms with Crippen molar-refractivity contribution in [3.05, 3.63) is 92.9 Å². The number of carbonyl (C=O) groups excluding carboxylic acids is 1. The number of anilines is 1. The van der Waals surface area contributed by atoms with Gasteiger partial charge in [-0.2, -0.15) is 0 Å². The van der Waals surface area contributed by atoms with E-state index in [0.29, 0.717) is 45.8 Å². The van der Waals surface area contributed by atoms with E-state index < -0.39 is 10.0 Å². The molecule has 0 unspecified atom stereocenters. The van der Waals surface area contributed by atoms with Crippen LogP contribution >= 0.6 is 34.8 Å². The monoisotopic (exact) mass is 526 g/mol. The molecule has 0 spiro atoms. The summed E-state index contributed by atoms with van der Waals surface area (Å²) in [6, 6.07) is 18.3. The van der Waals surface area contributed by atoms with Crippen molar-refractivity contribution in [2.45, 2.75) is 6.54 Å². The third-order valence-electron chi connectivity index (χ3n) is 4.60. The third-order valence-corrected chi connectivity index (χ3v) is 6.74. The maximum absolute atomic E-state index is 12.4. The highest BCUT2D eigenvalue weighted by atomic mass is 35.5. The van der Waals surface area contributed by atoms with Gasteiger partial charge in [-0.1, -0.05) is 46.9 Å². The van der Waals surface area contributed by atoms with Crippen molar-refractivity contribution in [3.63, 3.8) is 0 Å². The number of benzene rings is 3. The number of amides is 1. The summed E-state index contributed by atoms with van der Waals surface area (Å²) in [4.78, 5) is 12.4. The minimum atomic E-state index is -3.58. The quantitative estimate of drug-likeness (QED) is 0.377. The average molecular weight is 528 g/mol. The van der Waals surface area contributed by atoms with Crippen molar-refractivity contribution < 1.29 is 17.9 Å². The Morgan fingerprint density at radius 2 is 1.61 bits per heavy atom. The lowest BCUT2D eigenvalue weighted by molar-refractivity contribution is 0.0947. The third kappa shape index (κ3) is 7.27. The molecule has 0 heterocycles. The summed E-state index contributed by atoms with van der Waals surface area (Å²) >= 11 is 17.8. The lowest BCUT2D eigenvalue weighted by Crippen LogP contribution is -2.29. The number of rotatable bonds is 9. The van der Waals surface area contributed by atoms with Gasteiger partial charge in [0.15, 0.2) is 0 Å². The van der Waals surface area contributed by atoms with Crippen LogP contribution < -0.4 is 14.4 Å². The van der Waals surface area contributed by atoms with Gasteiger partial charge in [0.05, 0.1) is 35.1 Å². The van der Waals surface area contributed by atoms with Crippen molar-refractivity contribution in [1.29, 1.82) is 0 Å². The number of sulfonamides is 1. The molecule has 0 aliphatic rings. The Labute approximate surface area is 208 Å². The van der Waals surface area contributed by atoms with Gasteiger partial charge in [0, 0.05) is 10.6 Å². The highest BCUT2D eigenvalue weighted by Crippen LogP contribution is 2.29. The average Bonchev–Trinajstić information content (AvgIpc) is 2.78. The number of nitrogens with one attached hydrogen (secondary N) is 1. The van der Waals surface area contributed by atoms with Crippen LogP contribution in [0.2, 0.25) is 15.1 Å². The molecule has 33 heavy (non-hydrogen) atoms. The molecule has 3 rings (SSSR count). The molecular formula is C23H21Cl3N2O4S. The second-order valence-electron chi connectivity index (χ2n) is 7.12. The van der Waals surface area contributed by atoms with Crippen molar-refractivity contribution in [1.82, 2.24) is 5.32 Å². The zero-order chi connectivity index (χ0) is 24.0. The second kappa shape index (κ2) is 11.1. The van der Waals surface area contributed by atoms with Crippen LogP contribution in [0.15, 0.2) is 66.7 Å². The van der Waals surface area contributed by atoms with E-state index in [1.807, 2.05) is 0 Å². The molecule has 0 saturated heterocycles. The second-order valence-corrected chi connectivity index (χ2v) is 10.3. The van der Waals surface area contributed by atoms with Crippen LogP contribution in [0.5, 0.6) is 5.75 Å². The van der Waals surface area contributed by atoms with Gasteiger partial charge in [0.25, 0.3) is 5.91 Å². The fraction of sp³-hybridized carbons (Fsp3) is 0.174. The summed E-state index contributed by atoms with van der Waals surface area (Å²) < 4.78 is 31.4. The van der Waals surface area contributed by atoms with Gasteiger partial charge in [0.2, 0.25) is 10.0 Å². The molecule has 1 N–H and O–H groups in total.